The van der Waals surface area contributed by atoms with Gasteiger partial charge in [-0.2, -0.15) is 0 Å². The summed E-state index contributed by atoms with van der Waals surface area (Å²) in [5.74, 6) is -0.174. The standard InChI is InChI=1S/C8H15ClN2O3/c1-2-14-6-5-10-8(13)11-7(12)3-4-9/h2-6H2,1H3,(H2,10,11,12,13). The lowest BCUT2D eigenvalue weighted by molar-refractivity contribution is -0.119. The molecule has 6 heteroatoms. The first-order valence-corrected chi connectivity index (χ1v) is 4.95. The maximum atomic E-state index is 10.9. The topological polar surface area (TPSA) is 67.4 Å². The number of rotatable bonds is 6. The molecule has 0 aromatic rings. The average Bonchev–Trinajstić information content (AvgIpc) is 2.13. The van der Waals surface area contributed by atoms with E-state index in [-0.39, 0.29) is 18.2 Å². The van der Waals surface area contributed by atoms with E-state index in [4.69, 9.17) is 16.3 Å². The Kier molecular flexibility index (Phi) is 8.27. The lowest BCUT2D eigenvalue weighted by Crippen LogP contribution is -2.40. The molecule has 0 fully saturated rings. The number of alkyl halides is 1. The molecule has 2 N–H and O–H groups in total. The van der Waals surface area contributed by atoms with Gasteiger partial charge >= 0.3 is 6.03 Å². The van der Waals surface area contributed by atoms with E-state index in [2.05, 4.69) is 10.6 Å². The Balaban J connectivity index is 3.40. The molecule has 0 atom stereocenters. The third kappa shape index (κ3) is 7.82. The van der Waals surface area contributed by atoms with Crippen molar-refractivity contribution in [1.29, 1.82) is 0 Å². The van der Waals surface area contributed by atoms with Crippen LogP contribution in [0.3, 0.4) is 0 Å². The minimum Gasteiger partial charge on any atom is -0.380 e. The van der Waals surface area contributed by atoms with Crippen LogP contribution in [0.15, 0.2) is 0 Å². The first-order valence-electron chi connectivity index (χ1n) is 4.42. The molecule has 5 nitrogen and oxygen atoms in total. The third-order valence-corrected chi connectivity index (χ3v) is 1.50. The average molecular weight is 223 g/mol. The van der Waals surface area contributed by atoms with Crippen LogP contribution in [0.1, 0.15) is 13.3 Å². The van der Waals surface area contributed by atoms with E-state index in [9.17, 15) is 9.59 Å². The molecular weight excluding hydrogens is 208 g/mol. The molecule has 0 heterocycles. The van der Waals surface area contributed by atoms with E-state index in [1.54, 1.807) is 0 Å². The molecule has 14 heavy (non-hydrogen) atoms. The van der Waals surface area contributed by atoms with Gasteiger partial charge in [0.2, 0.25) is 5.91 Å². The van der Waals surface area contributed by atoms with Crippen LogP contribution in [0.25, 0.3) is 0 Å². The molecule has 0 aromatic carbocycles. The minimum absolute atomic E-state index is 0.139. The molecule has 0 unspecified atom stereocenters. The monoisotopic (exact) mass is 222 g/mol. The molecule has 0 aliphatic heterocycles. The first kappa shape index (κ1) is 13.2. The second kappa shape index (κ2) is 8.77. The number of carbonyl (C=O) groups is 2. The number of urea groups is 1. The molecule has 0 saturated carbocycles. The number of ether oxygens (including phenoxy) is 1. The summed E-state index contributed by atoms with van der Waals surface area (Å²) in [7, 11) is 0. The molecule has 0 aromatic heterocycles. The number of halogens is 1. The summed E-state index contributed by atoms with van der Waals surface area (Å²) in [6.07, 6.45) is 0.139. The highest BCUT2D eigenvalue weighted by atomic mass is 35.5. The SMILES string of the molecule is CCOCCNC(=O)NC(=O)CCCl. The van der Waals surface area contributed by atoms with Gasteiger partial charge in [0.25, 0.3) is 0 Å². The molecule has 0 radical (unpaired) electrons. The Bertz CT molecular complexity index is 187. The number of hydrogen-bond acceptors (Lipinski definition) is 3. The molecule has 3 amide bonds. The molecule has 0 aliphatic carbocycles. The van der Waals surface area contributed by atoms with Gasteiger partial charge in [0.15, 0.2) is 0 Å². The van der Waals surface area contributed by atoms with E-state index in [0.717, 1.165) is 0 Å². The minimum atomic E-state index is -0.514. The Morgan fingerprint density at radius 1 is 1.43 bits per heavy atom. The summed E-state index contributed by atoms with van der Waals surface area (Å²) in [6, 6.07) is -0.514. The van der Waals surface area contributed by atoms with E-state index < -0.39 is 6.03 Å². The fourth-order valence-electron chi connectivity index (χ4n) is 0.700. The summed E-state index contributed by atoms with van der Waals surface area (Å²) in [6.45, 7) is 3.29. The quantitative estimate of drug-likeness (QED) is 0.507. The lowest BCUT2D eigenvalue weighted by Gasteiger charge is -2.05. The zero-order valence-electron chi connectivity index (χ0n) is 8.14. The second-order valence-corrected chi connectivity index (χ2v) is 2.82. The van der Waals surface area contributed by atoms with E-state index >= 15 is 0 Å². The summed E-state index contributed by atoms with van der Waals surface area (Å²) >= 11 is 5.31. The van der Waals surface area contributed by atoms with Crippen LogP contribution in [0.4, 0.5) is 4.79 Å². The van der Waals surface area contributed by atoms with Crippen molar-refractivity contribution < 1.29 is 14.3 Å². The number of amides is 3. The number of imide groups is 1. The Morgan fingerprint density at radius 2 is 2.14 bits per heavy atom. The van der Waals surface area contributed by atoms with Gasteiger partial charge in [-0.05, 0) is 6.92 Å². The fraction of sp³-hybridized carbons (Fsp3) is 0.750. The Morgan fingerprint density at radius 3 is 2.71 bits per heavy atom. The van der Waals surface area contributed by atoms with Crippen molar-refractivity contribution in [3.05, 3.63) is 0 Å². The van der Waals surface area contributed by atoms with Crippen LogP contribution in [-0.4, -0.2) is 37.6 Å². The van der Waals surface area contributed by atoms with Gasteiger partial charge in [0, 0.05) is 25.5 Å². The van der Waals surface area contributed by atoms with E-state index in [0.29, 0.717) is 19.8 Å². The molecule has 0 rings (SSSR count). The summed E-state index contributed by atoms with van der Waals surface area (Å²) < 4.78 is 4.99. The van der Waals surface area contributed by atoms with Crippen molar-refractivity contribution in [2.45, 2.75) is 13.3 Å². The van der Waals surface area contributed by atoms with E-state index in [1.165, 1.54) is 0 Å². The van der Waals surface area contributed by atoms with Crippen molar-refractivity contribution in [2.75, 3.05) is 25.6 Å². The smallest absolute Gasteiger partial charge is 0.321 e. The normalized spacial score (nSPS) is 9.57. The molecule has 0 saturated heterocycles. The number of nitrogens with one attached hydrogen (secondary N) is 2. The maximum Gasteiger partial charge on any atom is 0.321 e. The summed E-state index contributed by atoms with van der Waals surface area (Å²) in [4.78, 5) is 21.8. The largest absolute Gasteiger partial charge is 0.380 e. The highest BCUT2D eigenvalue weighted by molar-refractivity contribution is 6.19. The maximum absolute atomic E-state index is 10.9. The van der Waals surface area contributed by atoms with Gasteiger partial charge in [-0.1, -0.05) is 0 Å². The summed E-state index contributed by atoms with van der Waals surface area (Å²) in [5, 5.41) is 4.60. The molecule has 0 aliphatic rings. The van der Waals surface area contributed by atoms with Crippen molar-refractivity contribution in [1.82, 2.24) is 10.6 Å². The van der Waals surface area contributed by atoms with E-state index in [1.807, 2.05) is 6.92 Å². The van der Waals surface area contributed by atoms with Crippen molar-refractivity contribution in [2.24, 2.45) is 0 Å². The first-order chi connectivity index (χ1) is 6.70. The molecule has 82 valence electrons. The van der Waals surface area contributed by atoms with Crippen LogP contribution < -0.4 is 10.6 Å². The number of hydrogen-bond donors (Lipinski definition) is 2. The van der Waals surface area contributed by atoms with Crippen molar-refractivity contribution in [3.8, 4) is 0 Å². The summed E-state index contributed by atoms with van der Waals surface area (Å²) in [5.41, 5.74) is 0. The Labute approximate surface area is 88.1 Å². The molecule has 0 spiro atoms. The third-order valence-electron chi connectivity index (χ3n) is 1.31. The van der Waals surface area contributed by atoms with Crippen LogP contribution >= 0.6 is 11.6 Å². The predicted octanol–water partition coefficient (Wildman–Crippen LogP) is 0.478. The van der Waals surface area contributed by atoms with Crippen LogP contribution in [0.2, 0.25) is 0 Å². The van der Waals surface area contributed by atoms with Gasteiger partial charge < -0.3 is 10.1 Å². The van der Waals surface area contributed by atoms with Crippen LogP contribution in [0.5, 0.6) is 0 Å². The van der Waals surface area contributed by atoms with Gasteiger partial charge in [0.05, 0.1) is 6.61 Å². The number of carbonyl (C=O) groups excluding carboxylic acids is 2. The second-order valence-electron chi connectivity index (χ2n) is 2.44. The fourth-order valence-corrected chi connectivity index (χ4v) is 0.872. The van der Waals surface area contributed by atoms with Gasteiger partial charge in [-0.3, -0.25) is 10.1 Å². The van der Waals surface area contributed by atoms with Crippen LogP contribution in [0, 0.1) is 0 Å². The molecule has 0 bridgehead atoms. The highest BCUT2D eigenvalue weighted by Gasteiger charge is 2.05. The highest BCUT2D eigenvalue weighted by Crippen LogP contribution is 1.83. The van der Waals surface area contributed by atoms with Gasteiger partial charge in [-0.25, -0.2) is 4.79 Å². The van der Waals surface area contributed by atoms with Gasteiger partial charge in [-0.15, -0.1) is 11.6 Å². The van der Waals surface area contributed by atoms with Crippen LogP contribution in [-0.2, 0) is 9.53 Å². The van der Waals surface area contributed by atoms with Gasteiger partial charge in [0.1, 0.15) is 0 Å². The molecular formula is C8H15ClN2O3. The zero-order chi connectivity index (χ0) is 10.8. The Hall–Kier alpha value is -0.810. The van der Waals surface area contributed by atoms with Crippen molar-refractivity contribution >= 4 is 23.5 Å². The van der Waals surface area contributed by atoms with Crippen molar-refractivity contribution in [3.63, 3.8) is 0 Å². The predicted molar refractivity (Wildman–Crippen MR) is 53.4 cm³/mol. The zero-order valence-corrected chi connectivity index (χ0v) is 8.89. The lowest BCUT2D eigenvalue weighted by atomic mass is 10.4.